The molecule has 1 aromatic carbocycles. The minimum absolute atomic E-state index is 0.375. The lowest BCUT2D eigenvalue weighted by Crippen LogP contribution is -2.50. The molecule has 1 heterocycles. The van der Waals surface area contributed by atoms with Gasteiger partial charge < -0.3 is 4.90 Å². The zero-order valence-corrected chi connectivity index (χ0v) is 13.4. The van der Waals surface area contributed by atoms with Gasteiger partial charge in [0.1, 0.15) is 0 Å². The third-order valence-electron chi connectivity index (χ3n) is 3.80. The number of nitrogens with zero attached hydrogens (tertiary/aromatic N) is 2. The van der Waals surface area contributed by atoms with Gasteiger partial charge in [0, 0.05) is 44.0 Å². The molecule has 1 unspecified atom stereocenters. The molecule has 0 N–H and O–H groups in total. The number of piperazine rings is 1. The first kappa shape index (κ1) is 16.8. The summed E-state index contributed by atoms with van der Waals surface area (Å²) in [6.45, 7) is 2.47. The molecular weight excluding hydrogens is 345 g/mol. The van der Waals surface area contributed by atoms with Crippen molar-refractivity contribution in [3.8, 4) is 0 Å². The van der Waals surface area contributed by atoms with Crippen molar-refractivity contribution in [2.75, 3.05) is 44.6 Å². The predicted octanol–water partition coefficient (Wildman–Crippen LogP) is 3.35. The van der Waals surface area contributed by atoms with Crippen molar-refractivity contribution in [1.29, 1.82) is 0 Å². The number of halogens is 4. The smallest absolute Gasteiger partial charge is 0.300 e. The van der Waals surface area contributed by atoms with Crippen LogP contribution in [0, 0.1) is 0 Å². The highest BCUT2D eigenvalue weighted by molar-refractivity contribution is 9.09. The maximum Gasteiger partial charge on any atom is 0.401 e. The standard InChI is InChI=1S/C15H20BrF3N2/c16-10-14(13-4-2-1-3-5-13)11-20-6-8-21(9-7-20)12-15(17,18)19/h1-5,14H,6-12H2. The molecule has 6 heteroatoms. The van der Waals surface area contributed by atoms with E-state index in [1.165, 1.54) is 10.5 Å². The summed E-state index contributed by atoms with van der Waals surface area (Å²) in [5.41, 5.74) is 1.27. The van der Waals surface area contributed by atoms with Gasteiger partial charge in [-0.1, -0.05) is 46.3 Å². The maximum absolute atomic E-state index is 12.4. The van der Waals surface area contributed by atoms with Crippen LogP contribution in [0.1, 0.15) is 11.5 Å². The van der Waals surface area contributed by atoms with Gasteiger partial charge in [-0.25, -0.2) is 0 Å². The van der Waals surface area contributed by atoms with Crippen LogP contribution >= 0.6 is 15.9 Å². The van der Waals surface area contributed by atoms with E-state index >= 15 is 0 Å². The molecule has 0 saturated carbocycles. The van der Waals surface area contributed by atoms with Gasteiger partial charge in [-0.15, -0.1) is 0 Å². The number of benzene rings is 1. The molecule has 0 aliphatic carbocycles. The lowest BCUT2D eigenvalue weighted by Gasteiger charge is -2.36. The van der Waals surface area contributed by atoms with Crippen molar-refractivity contribution in [2.45, 2.75) is 12.1 Å². The second kappa shape index (κ2) is 7.61. The molecule has 21 heavy (non-hydrogen) atoms. The monoisotopic (exact) mass is 364 g/mol. The quantitative estimate of drug-likeness (QED) is 0.739. The van der Waals surface area contributed by atoms with E-state index in [1.54, 1.807) is 0 Å². The van der Waals surface area contributed by atoms with Crippen LogP contribution in [-0.4, -0.2) is 60.6 Å². The Morgan fingerprint density at radius 3 is 2.10 bits per heavy atom. The Labute approximate surface area is 132 Å². The molecule has 0 spiro atoms. The van der Waals surface area contributed by atoms with E-state index in [0.29, 0.717) is 32.1 Å². The summed E-state index contributed by atoms with van der Waals surface area (Å²) in [5, 5.41) is 0.861. The largest absolute Gasteiger partial charge is 0.401 e. The molecule has 0 amide bonds. The first-order chi connectivity index (χ1) is 9.98. The Kier molecular flexibility index (Phi) is 6.08. The van der Waals surface area contributed by atoms with Gasteiger partial charge in [-0.3, -0.25) is 4.90 Å². The minimum Gasteiger partial charge on any atom is -0.300 e. The molecule has 2 nitrogen and oxygen atoms in total. The maximum atomic E-state index is 12.4. The fourth-order valence-corrected chi connectivity index (χ4v) is 3.24. The lowest BCUT2D eigenvalue weighted by atomic mass is 10.0. The van der Waals surface area contributed by atoms with Crippen molar-refractivity contribution in [2.24, 2.45) is 0 Å². The van der Waals surface area contributed by atoms with E-state index in [4.69, 9.17) is 0 Å². The van der Waals surface area contributed by atoms with Crippen LogP contribution in [0.25, 0.3) is 0 Å². The summed E-state index contributed by atoms with van der Waals surface area (Å²) in [6.07, 6.45) is -4.09. The van der Waals surface area contributed by atoms with Crippen molar-refractivity contribution in [3.05, 3.63) is 35.9 Å². The molecule has 0 bridgehead atoms. The van der Waals surface area contributed by atoms with Gasteiger partial charge in [-0.2, -0.15) is 13.2 Å². The molecule has 2 rings (SSSR count). The molecule has 0 radical (unpaired) electrons. The van der Waals surface area contributed by atoms with Crippen molar-refractivity contribution in [1.82, 2.24) is 9.80 Å². The normalized spacial score (nSPS) is 19.6. The van der Waals surface area contributed by atoms with Gasteiger partial charge in [0.25, 0.3) is 0 Å². The molecule has 1 fully saturated rings. The van der Waals surface area contributed by atoms with Crippen LogP contribution < -0.4 is 0 Å². The third-order valence-corrected chi connectivity index (χ3v) is 4.59. The van der Waals surface area contributed by atoms with Gasteiger partial charge >= 0.3 is 6.18 Å². The molecule has 1 aliphatic heterocycles. The van der Waals surface area contributed by atoms with E-state index in [0.717, 1.165) is 11.9 Å². The average Bonchev–Trinajstić information content (AvgIpc) is 2.46. The van der Waals surface area contributed by atoms with Crippen LogP contribution in [0.5, 0.6) is 0 Å². The van der Waals surface area contributed by atoms with E-state index in [9.17, 15) is 13.2 Å². The van der Waals surface area contributed by atoms with E-state index < -0.39 is 12.7 Å². The highest BCUT2D eigenvalue weighted by Crippen LogP contribution is 2.21. The first-order valence-electron chi connectivity index (χ1n) is 7.10. The summed E-state index contributed by atoms with van der Waals surface area (Å²) >= 11 is 3.55. The van der Waals surface area contributed by atoms with Crippen LogP contribution in [0.4, 0.5) is 13.2 Å². The SMILES string of the molecule is FC(F)(F)CN1CCN(CC(CBr)c2ccccc2)CC1. The zero-order chi connectivity index (χ0) is 15.3. The topological polar surface area (TPSA) is 6.48 Å². The van der Waals surface area contributed by atoms with Crippen LogP contribution in [0.2, 0.25) is 0 Å². The van der Waals surface area contributed by atoms with E-state index in [1.807, 2.05) is 18.2 Å². The van der Waals surface area contributed by atoms with Crippen molar-refractivity contribution in [3.63, 3.8) is 0 Å². The fraction of sp³-hybridized carbons (Fsp3) is 0.600. The zero-order valence-electron chi connectivity index (χ0n) is 11.8. The minimum atomic E-state index is -4.09. The van der Waals surface area contributed by atoms with E-state index in [2.05, 4.69) is 33.0 Å². The Morgan fingerprint density at radius 1 is 1.00 bits per heavy atom. The number of hydrogen-bond acceptors (Lipinski definition) is 2. The Hall–Kier alpha value is -0.590. The number of rotatable bonds is 5. The molecule has 1 atom stereocenters. The molecule has 0 aromatic heterocycles. The van der Waals surface area contributed by atoms with Crippen LogP contribution in [-0.2, 0) is 0 Å². The number of hydrogen-bond donors (Lipinski definition) is 0. The first-order valence-corrected chi connectivity index (χ1v) is 8.22. The predicted molar refractivity (Wildman–Crippen MR) is 81.9 cm³/mol. The van der Waals surface area contributed by atoms with Gasteiger partial charge in [-0.05, 0) is 5.56 Å². The Morgan fingerprint density at radius 2 is 1.57 bits per heavy atom. The lowest BCUT2D eigenvalue weighted by molar-refractivity contribution is -0.149. The summed E-state index contributed by atoms with van der Waals surface area (Å²) < 4.78 is 37.1. The Bertz CT molecular complexity index is 417. The Balaban J connectivity index is 1.82. The second-order valence-corrected chi connectivity index (χ2v) is 6.10. The average molecular weight is 365 g/mol. The second-order valence-electron chi connectivity index (χ2n) is 5.45. The highest BCUT2D eigenvalue weighted by Gasteiger charge is 2.32. The molecule has 1 aromatic rings. The van der Waals surface area contributed by atoms with Crippen LogP contribution in [0.15, 0.2) is 30.3 Å². The summed E-state index contributed by atoms with van der Waals surface area (Å²) in [4.78, 5) is 3.74. The van der Waals surface area contributed by atoms with Gasteiger partial charge in [0.2, 0.25) is 0 Å². The molecular formula is C15H20BrF3N2. The van der Waals surface area contributed by atoms with Gasteiger partial charge in [0.15, 0.2) is 0 Å². The summed E-state index contributed by atoms with van der Waals surface area (Å²) in [5.74, 6) is 0.375. The van der Waals surface area contributed by atoms with Gasteiger partial charge in [0.05, 0.1) is 6.54 Å². The van der Waals surface area contributed by atoms with E-state index in [-0.39, 0.29) is 0 Å². The fourth-order valence-electron chi connectivity index (χ4n) is 2.66. The molecule has 118 valence electrons. The highest BCUT2D eigenvalue weighted by atomic mass is 79.9. The van der Waals surface area contributed by atoms with Crippen molar-refractivity contribution < 1.29 is 13.2 Å². The summed E-state index contributed by atoms with van der Waals surface area (Å²) in [6, 6.07) is 10.2. The van der Waals surface area contributed by atoms with Crippen LogP contribution in [0.3, 0.4) is 0 Å². The van der Waals surface area contributed by atoms with Crippen molar-refractivity contribution >= 4 is 15.9 Å². The molecule has 1 saturated heterocycles. The summed E-state index contributed by atoms with van der Waals surface area (Å²) in [7, 11) is 0. The number of alkyl halides is 4. The molecule has 1 aliphatic rings. The third kappa shape index (κ3) is 5.60.